The Morgan fingerprint density at radius 3 is 2.43 bits per heavy atom. The van der Waals surface area contributed by atoms with E-state index in [1.165, 1.54) is 31.3 Å². The average molecular weight is 384 g/mol. The zero-order valence-electron chi connectivity index (χ0n) is 15.5. The van der Waals surface area contributed by atoms with Crippen molar-refractivity contribution in [3.8, 4) is 0 Å². The lowest BCUT2D eigenvalue weighted by Crippen LogP contribution is -2.50. The summed E-state index contributed by atoms with van der Waals surface area (Å²) in [6.07, 6.45) is 1.40. The van der Waals surface area contributed by atoms with Crippen LogP contribution in [0.3, 0.4) is 0 Å². The zero-order chi connectivity index (χ0) is 20.1. The normalized spacial score (nSPS) is 13.9. The number of piperazine rings is 1. The van der Waals surface area contributed by atoms with Crippen LogP contribution >= 0.6 is 0 Å². The molecule has 0 atom stereocenters. The second-order valence-corrected chi connectivity index (χ2v) is 6.50. The predicted octanol–water partition coefficient (Wildman–Crippen LogP) is 1.45. The Balaban J connectivity index is 1.63. The molecule has 7 nitrogen and oxygen atoms in total. The second-order valence-electron chi connectivity index (χ2n) is 6.50. The number of carbonyl (C=O) groups excluding carboxylic acids is 3. The standard InChI is InChI=1S/C20H21FN4O3/c1-14(26)24-8-10-25(11-9-24)20(28)18-12-15(6-7-22-18)19(27)23-13-16-4-2-3-5-17(16)21/h2-7,12H,8-11,13H2,1H3,(H,23,27). The predicted molar refractivity (Wildman–Crippen MR) is 100.0 cm³/mol. The number of aromatic nitrogens is 1. The second kappa shape index (κ2) is 8.60. The summed E-state index contributed by atoms with van der Waals surface area (Å²) in [5.74, 6) is -1.11. The molecule has 0 bridgehead atoms. The summed E-state index contributed by atoms with van der Waals surface area (Å²) in [6, 6.07) is 9.13. The van der Waals surface area contributed by atoms with Gasteiger partial charge in [0.15, 0.2) is 0 Å². The summed E-state index contributed by atoms with van der Waals surface area (Å²) >= 11 is 0. The van der Waals surface area contributed by atoms with Crippen molar-refractivity contribution in [2.24, 2.45) is 0 Å². The van der Waals surface area contributed by atoms with Crippen LogP contribution in [-0.2, 0) is 11.3 Å². The molecule has 1 N–H and O–H groups in total. The van der Waals surface area contributed by atoms with Crippen molar-refractivity contribution in [2.75, 3.05) is 26.2 Å². The van der Waals surface area contributed by atoms with Crippen LogP contribution in [-0.4, -0.2) is 58.7 Å². The number of nitrogens with one attached hydrogen (secondary N) is 1. The van der Waals surface area contributed by atoms with Crippen molar-refractivity contribution in [3.05, 3.63) is 65.2 Å². The molecule has 8 heteroatoms. The third-order valence-corrected chi connectivity index (χ3v) is 4.65. The third kappa shape index (κ3) is 4.51. The maximum Gasteiger partial charge on any atom is 0.272 e. The molecule has 146 valence electrons. The van der Waals surface area contributed by atoms with Gasteiger partial charge in [0, 0.05) is 57.0 Å². The lowest BCUT2D eigenvalue weighted by Gasteiger charge is -2.34. The molecule has 2 heterocycles. The highest BCUT2D eigenvalue weighted by Gasteiger charge is 2.24. The molecular weight excluding hydrogens is 363 g/mol. The zero-order valence-corrected chi connectivity index (χ0v) is 15.5. The number of nitrogens with zero attached hydrogens (tertiary/aromatic N) is 3. The highest BCUT2D eigenvalue weighted by molar-refractivity contribution is 5.98. The first-order chi connectivity index (χ1) is 13.5. The highest BCUT2D eigenvalue weighted by Crippen LogP contribution is 2.10. The molecule has 1 aromatic carbocycles. The minimum absolute atomic E-state index is 0.0151. The van der Waals surface area contributed by atoms with Crippen LogP contribution in [0.15, 0.2) is 42.6 Å². The van der Waals surface area contributed by atoms with E-state index in [0.717, 1.165) is 0 Å². The van der Waals surface area contributed by atoms with Gasteiger partial charge in [0.1, 0.15) is 11.5 Å². The van der Waals surface area contributed by atoms with Crippen molar-refractivity contribution in [2.45, 2.75) is 13.5 Å². The molecule has 1 aromatic heterocycles. The third-order valence-electron chi connectivity index (χ3n) is 4.65. The lowest BCUT2D eigenvalue weighted by molar-refractivity contribution is -0.130. The van der Waals surface area contributed by atoms with Gasteiger partial charge in [-0.3, -0.25) is 19.4 Å². The van der Waals surface area contributed by atoms with E-state index in [1.54, 1.807) is 28.0 Å². The first kappa shape index (κ1) is 19.5. The Kier molecular flexibility index (Phi) is 5.98. The minimum atomic E-state index is -0.416. The number of benzene rings is 1. The number of hydrogen-bond acceptors (Lipinski definition) is 4. The van der Waals surface area contributed by atoms with E-state index in [2.05, 4.69) is 10.3 Å². The molecule has 2 aromatic rings. The molecule has 1 saturated heterocycles. The molecule has 1 fully saturated rings. The van der Waals surface area contributed by atoms with Crippen LogP contribution in [0.2, 0.25) is 0 Å². The van der Waals surface area contributed by atoms with Gasteiger partial charge in [-0.05, 0) is 18.2 Å². The molecule has 3 rings (SSSR count). The Morgan fingerprint density at radius 2 is 1.75 bits per heavy atom. The van der Waals surface area contributed by atoms with Gasteiger partial charge in [-0.1, -0.05) is 18.2 Å². The molecule has 0 unspecified atom stereocenters. The summed E-state index contributed by atoms with van der Waals surface area (Å²) in [4.78, 5) is 43.8. The van der Waals surface area contributed by atoms with Gasteiger partial charge in [-0.15, -0.1) is 0 Å². The quantitative estimate of drug-likeness (QED) is 0.865. The van der Waals surface area contributed by atoms with E-state index in [0.29, 0.717) is 31.7 Å². The van der Waals surface area contributed by atoms with E-state index >= 15 is 0 Å². The van der Waals surface area contributed by atoms with Crippen LogP contribution in [0.5, 0.6) is 0 Å². The average Bonchev–Trinajstić information content (AvgIpc) is 2.72. The Hall–Kier alpha value is -3.29. The van der Waals surface area contributed by atoms with Gasteiger partial charge in [0.05, 0.1) is 0 Å². The summed E-state index contributed by atoms with van der Waals surface area (Å²) in [6.45, 7) is 3.34. The van der Waals surface area contributed by atoms with Gasteiger partial charge in [-0.2, -0.15) is 0 Å². The number of halogens is 1. The van der Waals surface area contributed by atoms with Crippen molar-refractivity contribution in [1.82, 2.24) is 20.1 Å². The van der Waals surface area contributed by atoms with Gasteiger partial charge in [0.2, 0.25) is 5.91 Å². The maximum absolute atomic E-state index is 13.7. The fraction of sp³-hybridized carbons (Fsp3) is 0.300. The van der Waals surface area contributed by atoms with Crippen molar-refractivity contribution in [3.63, 3.8) is 0 Å². The number of pyridine rings is 1. The fourth-order valence-electron chi connectivity index (χ4n) is 2.99. The van der Waals surface area contributed by atoms with E-state index in [-0.39, 0.29) is 29.6 Å². The van der Waals surface area contributed by atoms with Crippen LogP contribution in [0, 0.1) is 5.82 Å². The smallest absolute Gasteiger partial charge is 0.272 e. The van der Waals surface area contributed by atoms with Gasteiger partial charge in [-0.25, -0.2) is 4.39 Å². The summed E-state index contributed by atoms with van der Waals surface area (Å²) in [7, 11) is 0. The van der Waals surface area contributed by atoms with E-state index < -0.39 is 11.7 Å². The Bertz CT molecular complexity index is 895. The topological polar surface area (TPSA) is 82.6 Å². The monoisotopic (exact) mass is 384 g/mol. The maximum atomic E-state index is 13.7. The lowest BCUT2D eigenvalue weighted by atomic mass is 10.1. The highest BCUT2D eigenvalue weighted by atomic mass is 19.1. The molecule has 28 heavy (non-hydrogen) atoms. The largest absolute Gasteiger partial charge is 0.348 e. The van der Waals surface area contributed by atoms with E-state index in [4.69, 9.17) is 0 Å². The first-order valence-electron chi connectivity index (χ1n) is 8.98. The number of amides is 3. The minimum Gasteiger partial charge on any atom is -0.348 e. The number of carbonyl (C=O) groups is 3. The van der Waals surface area contributed by atoms with Crippen LogP contribution in [0.1, 0.15) is 33.3 Å². The first-order valence-corrected chi connectivity index (χ1v) is 8.98. The molecule has 0 saturated carbocycles. The summed E-state index contributed by atoms with van der Waals surface area (Å²) in [5, 5.41) is 2.64. The van der Waals surface area contributed by atoms with E-state index in [1.807, 2.05) is 0 Å². The molecule has 0 spiro atoms. The van der Waals surface area contributed by atoms with Crippen LogP contribution in [0.25, 0.3) is 0 Å². The van der Waals surface area contributed by atoms with Gasteiger partial charge in [0.25, 0.3) is 11.8 Å². The number of hydrogen-bond donors (Lipinski definition) is 1. The summed E-state index contributed by atoms with van der Waals surface area (Å²) in [5.41, 5.74) is 0.816. The van der Waals surface area contributed by atoms with Crippen molar-refractivity contribution < 1.29 is 18.8 Å². The van der Waals surface area contributed by atoms with Crippen LogP contribution in [0.4, 0.5) is 4.39 Å². The molecule has 1 aliphatic heterocycles. The SMILES string of the molecule is CC(=O)N1CCN(C(=O)c2cc(C(=O)NCc3ccccc3F)ccn2)CC1. The Labute approximate surface area is 162 Å². The Morgan fingerprint density at radius 1 is 1.07 bits per heavy atom. The molecule has 0 aliphatic carbocycles. The molecule has 3 amide bonds. The van der Waals surface area contributed by atoms with Crippen molar-refractivity contribution >= 4 is 17.7 Å². The fourth-order valence-corrected chi connectivity index (χ4v) is 2.99. The summed E-state index contributed by atoms with van der Waals surface area (Å²) < 4.78 is 13.7. The molecule has 1 aliphatic rings. The van der Waals surface area contributed by atoms with Gasteiger partial charge >= 0.3 is 0 Å². The van der Waals surface area contributed by atoms with E-state index in [9.17, 15) is 18.8 Å². The van der Waals surface area contributed by atoms with Crippen LogP contribution < -0.4 is 5.32 Å². The van der Waals surface area contributed by atoms with Gasteiger partial charge < -0.3 is 15.1 Å². The molecular formula is C20H21FN4O3. The molecule has 0 radical (unpaired) electrons. The van der Waals surface area contributed by atoms with Crippen molar-refractivity contribution in [1.29, 1.82) is 0 Å². The number of rotatable bonds is 4.